The van der Waals surface area contributed by atoms with E-state index in [1.165, 1.54) is 30.4 Å². The van der Waals surface area contributed by atoms with Crippen molar-refractivity contribution in [2.24, 2.45) is 4.99 Å². The van der Waals surface area contributed by atoms with E-state index in [2.05, 4.69) is 18.9 Å². The van der Waals surface area contributed by atoms with E-state index in [1.54, 1.807) is 18.3 Å². The molecule has 0 saturated carbocycles. The van der Waals surface area contributed by atoms with Crippen molar-refractivity contribution in [2.45, 2.75) is 31.9 Å². The van der Waals surface area contributed by atoms with Crippen LogP contribution in [0.15, 0.2) is 39.6 Å². The van der Waals surface area contributed by atoms with Gasteiger partial charge in [-0.1, -0.05) is 0 Å². The molecule has 0 spiro atoms. The standard InChI is InChI=1S/C18H23F2N7S2/c19-18(20)24-9-12(8-21)14-10-23-16(17-22-3-6-28-17)27-11-13(7-15(14)27)25-29-26-4-1-2-5-26/h3,6,8-9,13,18,21,24-25H,1-2,4-5,7,10-11H2/b12-9+,21-8?. The van der Waals surface area contributed by atoms with E-state index in [0.717, 1.165) is 54.4 Å². The molecule has 3 aliphatic rings. The summed E-state index contributed by atoms with van der Waals surface area (Å²) in [5.74, 6) is 0.820. The van der Waals surface area contributed by atoms with Crippen LogP contribution < -0.4 is 10.0 Å². The molecule has 156 valence electrons. The third-order valence-corrected chi connectivity index (χ3v) is 6.90. The Kier molecular flexibility index (Phi) is 6.58. The molecule has 2 saturated heterocycles. The van der Waals surface area contributed by atoms with Crippen LogP contribution in [0.2, 0.25) is 0 Å². The highest BCUT2D eigenvalue weighted by Gasteiger charge is 2.36. The number of nitrogens with one attached hydrogen (secondary N) is 3. The number of hydrogen-bond acceptors (Lipinski definition) is 9. The predicted octanol–water partition coefficient (Wildman–Crippen LogP) is 2.83. The van der Waals surface area contributed by atoms with E-state index in [4.69, 9.17) is 10.4 Å². The summed E-state index contributed by atoms with van der Waals surface area (Å²) in [5, 5.41) is 12.5. The highest BCUT2D eigenvalue weighted by molar-refractivity contribution is 7.95. The van der Waals surface area contributed by atoms with Gasteiger partial charge in [-0.2, -0.15) is 8.78 Å². The molecule has 2 fully saturated rings. The fourth-order valence-corrected chi connectivity index (χ4v) is 5.27. The average molecular weight is 440 g/mol. The van der Waals surface area contributed by atoms with Crippen LogP contribution >= 0.6 is 23.5 Å². The quantitative estimate of drug-likeness (QED) is 0.328. The van der Waals surface area contributed by atoms with E-state index < -0.39 is 6.55 Å². The topological polar surface area (TPSA) is 79.6 Å². The second-order valence-corrected chi connectivity index (χ2v) is 8.80. The zero-order chi connectivity index (χ0) is 20.2. The number of fused-ring (bicyclic) bond motifs is 1. The Morgan fingerprint density at radius 1 is 1.38 bits per heavy atom. The minimum Gasteiger partial charge on any atom is -0.336 e. The second kappa shape index (κ2) is 9.33. The van der Waals surface area contributed by atoms with Gasteiger partial charge in [0.05, 0.1) is 6.54 Å². The van der Waals surface area contributed by atoms with Crippen LogP contribution in [-0.4, -0.2) is 65.0 Å². The Hall–Kier alpha value is -1.82. The first-order valence-electron chi connectivity index (χ1n) is 9.52. The van der Waals surface area contributed by atoms with Gasteiger partial charge in [0.2, 0.25) is 0 Å². The molecule has 0 radical (unpaired) electrons. The largest absolute Gasteiger partial charge is 0.336 e. The molecule has 1 aromatic rings. The van der Waals surface area contributed by atoms with Crippen LogP contribution in [-0.2, 0) is 0 Å². The Bertz CT molecular complexity index is 816. The van der Waals surface area contributed by atoms with Gasteiger partial charge in [0.1, 0.15) is 0 Å². The molecule has 29 heavy (non-hydrogen) atoms. The number of aromatic nitrogens is 1. The first-order chi connectivity index (χ1) is 14.2. The van der Waals surface area contributed by atoms with Crippen molar-refractivity contribution in [1.82, 2.24) is 24.2 Å². The Labute approximate surface area is 176 Å². The molecule has 1 unspecified atom stereocenters. The van der Waals surface area contributed by atoms with Crippen molar-refractivity contribution in [3.05, 3.63) is 39.6 Å². The maximum Gasteiger partial charge on any atom is 0.312 e. The summed E-state index contributed by atoms with van der Waals surface area (Å²) >= 11 is 3.20. The van der Waals surface area contributed by atoms with Crippen molar-refractivity contribution in [3.8, 4) is 0 Å². The fraction of sp³-hybridized carbons (Fsp3) is 0.500. The molecule has 4 heterocycles. The molecule has 0 aliphatic carbocycles. The molecule has 3 aliphatic heterocycles. The van der Waals surface area contributed by atoms with E-state index in [1.807, 2.05) is 10.7 Å². The summed E-state index contributed by atoms with van der Waals surface area (Å²) in [6.07, 6.45) is 7.28. The van der Waals surface area contributed by atoms with E-state index in [9.17, 15) is 8.78 Å². The molecule has 3 N–H and O–H groups in total. The molecule has 0 aromatic carbocycles. The number of hydrogen-bond donors (Lipinski definition) is 3. The van der Waals surface area contributed by atoms with Gasteiger partial charge in [-0.05, 0) is 12.8 Å². The molecular weight excluding hydrogens is 416 g/mol. The number of nitrogens with zero attached hydrogens (tertiary/aromatic N) is 4. The van der Waals surface area contributed by atoms with Gasteiger partial charge in [0.15, 0.2) is 10.8 Å². The first-order valence-corrected chi connectivity index (χ1v) is 11.2. The lowest BCUT2D eigenvalue weighted by Crippen LogP contribution is -2.36. The van der Waals surface area contributed by atoms with Gasteiger partial charge < -0.3 is 15.6 Å². The monoisotopic (exact) mass is 439 g/mol. The number of amidine groups is 1. The lowest BCUT2D eigenvalue weighted by Gasteiger charge is -2.28. The van der Waals surface area contributed by atoms with Crippen molar-refractivity contribution in [3.63, 3.8) is 0 Å². The van der Waals surface area contributed by atoms with Gasteiger partial charge >= 0.3 is 6.55 Å². The molecule has 0 bridgehead atoms. The summed E-state index contributed by atoms with van der Waals surface area (Å²) in [4.78, 5) is 11.2. The molecule has 7 nitrogen and oxygen atoms in total. The summed E-state index contributed by atoms with van der Waals surface area (Å²) in [5.41, 5.74) is 2.26. The normalized spacial score (nSPS) is 23.0. The van der Waals surface area contributed by atoms with Gasteiger partial charge in [-0.25, -0.2) is 14.0 Å². The Balaban J connectivity index is 1.57. The van der Waals surface area contributed by atoms with Crippen molar-refractivity contribution in [1.29, 1.82) is 5.41 Å². The second-order valence-electron chi connectivity index (χ2n) is 6.97. The predicted molar refractivity (Wildman–Crippen MR) is 113 cm³/mol. The summed E-state index contributed by atoms with van der Waals surface area (Å²) in [6.45, 7) is 0.589. The lowest BCUT2D eigenvalue weighted by atomic mass is 10.0. The number of thiazole rings is 1. The maximum atomic E-state index is 12.6. The minimum atomic E-state index is -2.67. The van der Waals surface area contributed by atoms with Crippen LogP contribution in [0, 0.1) is 5.41 Å². The van der Waals surface area contributed by atoms with E-state index in [0.29, 0.717) is 12.1 Å². The Morgan fingerprint density at radius 2 is 2.21 bits per heavy atom. The van der Waals surface area contributed by atoms with Crippen LogP contribution in [0.1, 0.15) is 24.3 Å². The van der Waals surface area contributed by atoms with Crippen molar-refractivity contribution >= 4 is 35.5 Å². The molecule has 0 amide bonds. The van der Waals surface area contributed by atoms with Crippen molar-refractivity contribution < 1.29 is 8.78 Å². The van der Waals surface area contributed by atoms with E-state index in [-0.39, 0.29) is 6.04 Å². The molecular formula is C18H23F2N7S2. The SMILES string of the molecule is N=C/C(=C\NC(F)F)C1=C2CC(NSN3CCCC3)CN2C(c2nccs2)=NC1. The average Bonchev–Trinajstić information content (AvgIpc) is 3.47. The number of halogens is 2. The highest BCUT2D eigenvalue weighted by atomic mass is 32.2. The van der Waals surface area contributed by atoms with Gasteiger partial charge in [-0.15, -0.1) is 11.3 Å². The molecule has 1 aromatic heterocycles. The summed E-state index contributed by atoms with van der Waals surface area (Å²) in [6, 6.07) is 0.198. The minimum absolute atomic E-state index is 0.198. The molecule has 11 heteroatoms. The fourth-order valence-electron chi connectivity index (χ4n) is 3.72. The molecule has 1 atom stereocenters. The third-order valence-electron chi connectivity index (χ3n) is 5.07. The summed E-state index contributed by atoms with van der Waals surface area (Å²) < 4.78 is 31.1. The van der Waals surface area contributed by atoms with Crippen LogP contribution in [0.3, 0.4) is 0 Å². The maximum absolute atomic E-state index is 12.6. The van der Waals surface area contributed by atoms with Crippen LogP contribution in [0.5, 0.6) is 0 Å². The molecule has 4 rings (SSSR count). The van der Waals surface area contributed by atoms with Gasteiger partial charge in [0, 0.05) is 85.1 Å². The number of aliphatic imine (C=N–C) groups is 1. The zero-order valence-electron chi connectivity index (χ0n) is 15.8. The smallest absolute Gasteiger partial charge is 0.312 e. The first kappa shape index (κ1) is 20.5. The highest BCUT2D eigenvalue weighted by Crippen LogP contribution is 2.34. The summed E-state index contributed by atoms with van der Waals surface area (Å²) in [7, 11) is 0. The van der Waals surface area contributed by atoms with Gasteiger partial charge in [-0.3, -0.25) is 4.99 Å². The number of alkyl halides is 2. The van der Waals surface area contributed by atoms with Crippen molar-refractivity contribution in [2.75, 3.05) is 26.2 Å². The Morgan fingerprint density at radius 3 is 2.90 bits per heavy atom. The third kappa shape index (κ3) is 4.68. The van der Waals surface area contributed by atoms with Gasteiger partial charge in [0.25, 0.3) is 0 Å². The van der Waals surface area contributed by atoms with Crippen LogP contribution in [0.4, 0.5) is 8.78 Å². The lowest BCUT2D eigenvalue weighted by molar-refractivity contribution is 0.125. The zero-order valence-corrected chi connectivity index (χ0v) is 17.4. The number of rotatable bonds is 8. The van der Waals surface area contributed by atoms with E-state index >= 15 is 0 Å². The van der Waals surface area contributed by atoms with Crippen LogP contribution in [0.25, 0.3) is 0 Å².